The van der Waals surface area contributed by atoms with Gasteiger partial charge in [0.25, 0.3) is 0 Å². The Bertz CT molecular complexity index is 6510. The van der Waals surface area contributed by atoms with Gasteiger partial charge >= 0.3 is 0 Å². The summed E-state index contributed by atoms with van der Waals surface area (Å²) in [5.74, 6) is 3.49. The van der Waals surface area contributed by atoms with Crippen LogP contribution < -0.4 is 0 Å². The first kappa shape index (κ1) is 58.6. The third-order valence-electron chi connectivity index (χ3n) is 20.4. The van der Waals surface area contributed by atoms with Crippen molar-refractivity contribution in [1.29, 1.82) is 0 Å². The summed E-state index contributed by atoms with van der Waals surface area (Å²) in [5, 5.41) is 6.13. The highest BCUT2D eigenvalue weighted by Crippen LogP contribution is 2.50. The van der Waals surface area contributed by atoms with E-state index < -0.39 is 0 Å². The molecule has 10 heteroatoms. The normalized spacial score (nSPS) is 12.5. The van der Waals surface area contributed by atoms with Gasteiger partial charge < -0.3 is 13.4 Å². The number of nitrogens with zero attached hydrogens (tertiary/aromatic N) is 8. The zero-order valence-electron chi connectivity index (χ0n) is 55.4. The predicted molar refractivity (Wildman–Crippen MR) is 412 cm³/mol. The van der Waals surface area contributed by atoms with E-state index in [-0.39, 0.29) is 5.41 Å². The molecule has 0 bridgehead atoms. The van der Waals surface area contributed by atoms with Crippen molar-refractivity contribution in [3.8, 4) is 130 Å². The molecule has 13 aromatic carbocycles. The molecule has 1 aliphatic rings. The first-order valence-electron chi connectivity index (χ1n) is 34.3. The Balaban J connectivity index is 0.626. The highest BCUT2D eigenvalue weighted by molar-refractivity contribution is 6.15. The molecule has 1 aliphatic carbocycles. The van der Waals surface area contributed by atoms with Crippen LogP contribution in [-0.2, 0) is 5.41 Å². The van der Waals surface area contributed by atoms with Crippen LogP contribution in [0.15, 0.2) is 324 Å². The molecule has 20 rings (SSSR count). The molecule has 0 saturated carbocycles. The highest BCUT2D eigenvalue weighted by atomic mass is 16.3. The van der Waals surface area contributed by atoms with Gasteiger partial charge in [-0.1, -0.05) is 238 Å². The predicted octanol–water partition coefficient (Wildman–Crippen LogP) is 23.3. The van der Waals surface area contributed by atoms with Crippen LogP contribution in [0.2, 0.25) is 0 Å². The van der Waals surface area contributed by atoms with Crippen LogP contribution in [0.5, 0.6) is 0 Å². The Labute approximate surface area is 586 Å². The summed E-state index contributed by atoms with van der Waals surface area (Å²) in [6.45, 7) is 4.66. The third-order valence-corrected chi connectivity index (χ3v) is 20.4. The van der Waals surface area contributed by atoms with Crippen LogP contribution in [0.1, 0.15) is 25.0 Å². The molecule has 6 aromatic heterocycles. The van der Waals surface area contributed by atoms with Crippen LogP contribution >= 0.6 is 0 Å². The summed E-state index contributed by atoms with van der Waals surface area (Å²) in [6.07, 6.45) is 1.98. The van der Waals surface area contributed by atoms with E-state index in [1.807, 2.05) is 128 Å². The number of hydrogen-bond donors (Lipinski definition) is 0. The number of aromatic nitrogens is 8. The average molecular weight is 1310 g/mol. The summed E-state index contributed by atoms with van der Waals surface area (Å²) in [4.78, 5) is 36.0. The largest absolute Gasteiger partial charge is 0.456 e. The standard InChI is InChI=1S/C92H58N8O2/c1-92(2)75-30-16-15-27-67(75)68-43-37-62(52-76(68)92)60-41-47-80-73(50-60)84-70(28-17-31-82(84)101-80)91-98-88(58-23-11-5-12-24-58)95-89(99-91)59-35-33-55(34-36-59)63-38-44-69-72-49-61(40-46-78(72)100(79(69)53-63)66-25-13-6-14-26-66)65-39-45-77(93-54-65)64-42-48-81-74(51-64)85-71(29-18-32-83(85)102-81)90-96-86(56-19-7-3-8-20-56)94-87(97-90)57-21-9-4-10-22-57/h3-54H,1-2H3. The zero-order chi connectivity index (χ0) is 67.6. The Morgan fingerprint density at radius 3 is 1.29 bits per heavy atom. The van der Waals surface area contributed by atoms with Crippen LogP contribution in [0.4, 0.5) is 0 Å². The monoisotopic (exact) mass is 1310 g/mol. The third kappa shape index (κ3) is 9.74. The Hall–Kier alpha value is -13.6. The van der Waals surface area contributed by atoms with Crippen molar-refractivity contribution in [2.45, 2.75) is 19.3 Å². The fourth-order valence-electron chi connectivity index (χ4n) is 15.3. The van der Waals surface area contributed by atoms with Crippen molar-refractivity contribution >= 4 is 65.7 Å². The van der Waals surface area contributed by atoms with Gasteiger partial charge in [-0.25, -0.2) is 29.9 Å². The number of pyridine rings is 1. The smallest absolute Gasteiger partial charge is 0.164 e. The maximum absolute atomic E-state index is 6.62. The lowest BCUT2D eigenvalue weighted by atomic mass is 9.81. The van der Waals surface area contributed by atoms with Crippen molar-refractivity contribution in [3.63, 3.8) is 0 Å². The molecule has 0 unspecified atom stereocenters. The molecule has 19 aromatic rings. The van der Waals surface area contributed by atoms with Gasteiger partial charge in [0.2, 0.25) is 0 Å². The second-order valence-electron chi connectivity index (χ2n) is 26.8. The number of benzene rings is 13. The van der Waals surface area contributed by atoms with Crippen molar-refractivity contribution < 1.29 is 8.83 Å². The van der Waals surface area contributed by atoms with E-state index in [9.17, 15) is 0 Å². The van der Waals surface area contributed by atoms with Gasteiger partial charge in [0.15, 0.2) is 34.9 Å². The van der Waals surface area contributed by atoms with Gasteiger partial charge in [-0.3, -0.25) is 4.98 Å². The molecule has 102 heavy (non-hydrogen) atoms. The molecule has 10 nitrogen and oxygen atoms in total. The van der Waals surface area contributed by atoms with Crippen LogP contribution in [0.25, 0.3) is 195 Å². The van der Waals surface area contributed by atoms with Gasteiger partial charge in [0.1, 0.15) is 22.3 Å². The van der Waals surface area contributed by atoms with Gasteiger partial charge in [-0.2, -0.15) is 0 Å². The number of furan rings is 2. The quantitative estimate of drug-likeness (QED) is 0.125. The maximum atomic E-state index is 6.62. The molecular weight excluding hydrogens is 1250 g/mol. The molecule has 0 fully saturated rings. The highest BCUT2D eigenvalue weighted by Gasteiger charge is 2.35. The average Bonchev–Trinajstić information content (AvgIpc) is 1.58. The number of fused-ring (bicyclic) bond motifs is 12. The van der Waals surface area contributed by atoms with Crippen LogP contribution in [-0.4, -0.2) is 39.5 Å². The van der Waals surface area contributed by atoms with Crippen LogP contribution in [0.3, 0.4) is 0 Å². The summed E-state index contributed by atoms with van der Waals surface area (Å²) in [7, 11) is 0. The number of rotatable bonds is 11. The van der Waals surface area contributed by atoms with E-state index in [1.165, 1.54) is 22.3 Å². The van der Waals surface area contributed by atoms with Crippen molar-refractivity contribution in [3.05, 3.63) is 327 Å². The lowest BCUT2D eigenvalue weighted by molar-refractivity contribution is 0.660. The van der Waals surface area contributed by atoms with Gasteiger partial charge in [-0.05, 0) is 135 Å². The minimum atomic E-state index is -0.117. The van der Waals surface area contributed by atoms with E-state index in [4.69, 9.17) is 43.7 Å². The minimum Gasteiger partial charge on any atom is -0.456 e. The zero-order valence-corrected chi connectivity index (χ0v) is 55.4. The molecule has 0 spiro atoms. The van der Waals surface area contributed by atoms with E-state index in [2.05, 4.69) is 206 Å². The van der Waals surface area contributed by atoms with Crippen molar-refractivity contribution in [2.24, 2.45) is 0 Å². The fourth-order valence-corrected chi connectivity index (χ4v) is 15.3. The fraction of sp³-hybridized carbons (Fsp3) is 0.0326. The molecule has 6 heterocycles. The van der Waals surface area contributed by atoms with Crippen LogP contribution in [0, 0.1) is 0 Å². The summed E-state index contributed by atoms with van der Waals surface area (Å²) in [5.41, 5.74) is 25.2. The topological polar surface area (TPSA) is 121 Å². The van der Waals surface area contributed by atoms with E-state index in [1.54, 1.807) is 0 Å². The Morgan fingerprint density at radius 1 is 0.265 bits per heavy atom. The maximum Gasteiger partial charge on any atom is 0.164 e. The Morgan fingerprint density at radius 2 is 0.696 bits per heavy atom. The molecule has 0 radical (unpaired) electrons. The molecule has 0 amide bonds. The van der Waals surface area contributed by atoms with Crippen molar-refractivity contribution in [2.75, 3.05) is 0 Å². The first-order valence-corrected chi connectivity index (χ1v) is 34.3. The lowest BCUT2D eigenvalue weighted by Crippen LogP contribution is -2.14. The summed E-state index contributed by atoms with van der Waals surface area (Å²) in [6, 6.07) is 108. The molecule has 0 N–H and O–H groups in total. The first-order chi connectivity index (χ1) is 50.3. The van der Waals surface area contributed by atoms with E-state index in [0.717, 1.165) is 149 Å². The van der Waals surface area contributed by atoms with Gasteiger partial charge in [0, 0.05) is 94.1 Å². The molecular formula is C92H58N8O2. The minimum absolute atomic E-state index is 0.117. The second kappa shape index (κ2) is 23.3. The number of hydrogen-bond acceptors (Lipinski definition) is 9. The lowest BCUT2D eigenvalue weighted by Gasteiger charge is -2.22. The molecule has 0 aliphatic heterocycles. The number of para-hydroxylation sites is 1. The summed E-state index contributed by atoms with van der Waals surface area (Å²) < 4.78 is 15.5. The summed E-state index contributed by atoms with van der Waals surface area (Å²) >= 11 is 0. The van der Waals surface area contributed by atoms with E-state index in [0.29, 0.717) is 34.9 Å². The molecule has 0 saturated heterocycles. The van der Waals surface area contributed by atoms with E-state index >= 15 is 0 Å². The SMILES string of the molecule is CC1(C)c2ccccc2-c2ccc(-c3ccc4oc5cccc(-c6nc(-c7ccccc7)nc(-c7ccc(-c8ccc9c%10cc(-c%11ccc(-c%12ccc%13oc%14cccc(-c%15nc(-c%16ccccc%16)nc(-c%16ccccc%16)n%15)c%14c%13c%12)nc%11)ccc%10n(-c%10ccccc%10)c9c8)cc7)n6)c5c4c3)cc21. The van der Waals surface area contributed by atoms with Gasteiger partial charge in [0.05, 0.1) is 16.7 Å². The van der Waals surface area contributed by atoms with Gasteiger partial charge in [-0.15, -0.1) is 0 Å². The molecule has 478 valence electrons. The second-order valence-corrected chi connectivity index (χ2v) is 26.8. The Kier molecular flexibility index (Phi) is 13.4. The molecule has 0 atom stereocenters. The van der Waals surface area contributed by atoms with Crippen molar-refractivity contribution in [1.82, 2.24) is 39.5 Å².